The number of nitrogens with zero attached hydrogens (tertiary/aromatic N) is 3. The third kappa shape index (κ3) is 4.63. The molecule has 0 saturated heterocycles. The maximum Gasteiger partial charge on any atom is 0.287 e. The molecule has 0 amide bonds. The largest absolute Gasteiger partial charge is 0.287 e. The van der Waals surface area contributed by atoms with Crippen LogP contribution in [0.4, 0.5) is 5.69 Å². The van der Waals surface area contributed by atoms with E-state index in [4.69, 9.17) is 5.26 Å². The van der Waals surface area contributed by atoms with Crippen LogP contribution in [0.2, 0.25) is 0 Å². The van der Waals surface area contributed by atoms with E-state index in [9.17, 15) is 10.1 Å². The third-order valence-electron chi connectivity index (χ3n) is 4.00. The summed E-state index contributed by atoms with van der Waals surface area (Å²) in [7, 11) is 0. The molecule has 0 unspecified atom stereocenters. The molecule has 24 heavy (non-hydrogen) atoms. The molecule has 0 fully saturated rings. The van der Waals surface area contributed by atoms with Crippen molar-refractivity contribution in [2.45, 2.75) is 45.4 Å². The minimum absolute atomic E-state index is 0.0625. The standard InChI is InChI=1S/C19H21N3O2/c1-2-3-4-5-6-7-15-8-11-18(21-14-15)16-9-10-17(13-20)19(12-16)22(23)24/h8-12,14H,2-7H2,1H3. The highest BCUT2D eigenvalue weighted by molar-refractivity contribution is 5.66. The van der Waals surface area contributed by atoms with Gasteiger partial charge in [-0.05, 0) is 30.5 Å². The molecule has 0 aliphatic carbocycles. The fourth-order valence-electron chi connectivity index (χ4n) is 2.61. The van der Waals surface area contributed by atoms with Crippen LogP contribution < -0.4 is 0 Å². The van der Waals surface area contributed by atoms with E-state index in [1.54, 1.807) is 6.07 Å². The second-order valence-corrected chi connectivity index (χ2v) is 5.82. The summed E-state index contributed by atoms with van der Waals surface area (Å²) in [6, 6.07) is 10.3. The number of nitro benzene ring substituents is 1. The molecule has 0 bridgehead atoms. The average Bonchev–Trinajstić information content (AvgIpc) is 2.61. The van der Waals surface area contributed by atoms with E-state index in [1.165, 1.54) is 43.4 Å². The van der Waals surface area contributed by atoms with Crippen molar-refractivity contribution in [3.8, 4) is 17.3 Å². The Kier molecular flexibility index (Phi) is 6.44. The lowest BCUT2D eigenvalue weighted by Gasteiger charge is -2.05. The maximum atomic E-state index is 11.0. The molecule has 0 radical (unpaired) electrons. The van der Waals surface area contributed by atoms with Gasteiger partial charge >= 0.3 is 0 Å². The van der Waals surface area contributed by atoms with Crippen molar-refractivity contribution >= 4 is 5.69 Å². The first-order valence-corrected chi connectivity index (χ1v) is 8.29. The molecule has 0 aliphatic heterocycles. The Labute approximate surface area is 142 Å². The van der Waals surface area contributed by atoms with Crippen molar-refractivity contribution in [1.82, 2.24) is 4.98 Å². The van der Waals surface area contributed by atoms with Gasteiger partial charge < -0.3 is 0 Å². The summed E-state index contributed by atoms with van der Waals surface area (Å²) in [6.45, 7) is 2.20. The Morgan fingerprint density at radius 1 is 1.17 bits per heavy atom. The van der Waals surface area contributed by atoms with Crippen molar-refractivity contribution in [1.29, 1.82) is 5.26 Å². The van der Waals surface area contributed by atoms with E-state index in [1.807, 2.05) is 24.4 Å². The summed E-state index contributed by atoms with van der Waals surface area (Å²) < 4.78 is 0. The van der Waals surface area contributed by atoms with Gasteiger partial charge in [0.2, 0.25) is 0 Å². The molecule has 124 valence electrons. The number of unbranched alkanes of at least 4 members (excludes halogenated alkanes) is 4. The number of nitro groups is 1. The first-order valence-electron chi connectivity index (χ1n) is 8.29. The van der Waals surface area contributed by atoms with Gasteiger partial charge in [0.1, 0.15) is 11.6 Å². The van der Waals surface area contributed by atoms with Gasteiger partial charge in [-0.25, -0.2) is 0 Å². The summed E-state index contributed by atoms with van der Waals surface area (Å²) in [5, 5.41) is 20.0. The fraction of sp³-hybridized carbons (Fsp3) is 0.368. The minimum Gasteiger partial charge on any atom is -0.258 e. The third-order valence-corrected chi connectivity index (χ3v) is 4.00. The van der Waals surface area contributed by atoms with E-state index in [-0.39, 0.29) is 11.3 Å². The van der Waals surface area contributed by atoms with Gasteiger partial charge in [-0.3, -0.25) is 15.1 Å². The molecule has 0 spiro atoms. The highest BCUT2D eigenvalue weighted by Gasteiger charge is 2.15. The highest BCUT2D eigenvalue weighted by Crippen LogP contribution is 2.26. The number of aryl methyl sites for hydroxylation is 1. The van der Waals surface area contributed by atoms with Crippen molar-refractivity contribution in [2.75, 3.05) is 0 Å². The van der Waals surface area contributed by atoms with Crippen molar-refractivity contribution in [2.24, 2.45) is 0 Å². The lowest BCUT2D eigenvalue weighted by atomic mass is 10.0. The number of nitriles is 1. The Morgan fingerprint density at radius 2 is 1.96 bits per heavy atom. The number of pyridine rings is 1. The molecular weight excluding hydrogens is 302 g/mol. The molecule has 1 aromatic carbocycles. The molecule has 2 aromatic rings. The van der Waals surface area contributed by atoms with E-state index < -0.39 is 4.92 Å². The first kappa shape index (κ1) is 17.6. The molecule has 5 heteroatoms. The van der Waals surface area contributed by atoms with Gasteiger partial charge in [0.25, 0.3) is 5.69 Å². The molecule has 0 atom stereocenters. The Morgan fingerprint density at radius 3 is 2.58 bits per heavy atom. The fourth-order valence-corrected chi connectivity index (χ4v) is 2.61. The molecule has 5 nitrogen and oxygen atoms in total. The van der Waals surface area contributed by atoms with E-state index in [0.717, 1.165) is 12.8 Å². The number of benzene rings is 1. The van der Waals surface area contributed by atoms with Gasteiger partial charge in [-0.2, -0.15) is 5.26 Å². The van der Waals surface area contributed by atoms with Crippen LogP contribution in [0.1, 0.15) is 50.2 Å². The average molecular weight is 323 g/mol. The van der Waals surface area contributed by atoms with Crippen molar-refractivity contribution < 1.29 is 4.92 Å². The van der Waals surface area contributed by atoms with E-state index in [2.05, 4.69) is 11.9 Å². The molecule has 0 N–H and O–H groups in total. The van der Waals surface area contributed by atoms with Crippen LogP contribution >= 0.6 is 0 Å². The van der Waals surface area contributed by atoms with Gasteiger partial charge in [-0.1, -0.05) is 44.7 Å². The second-order valence-electron chi connectivity index (χ2n) is 5.82. The molecule has 1 aromatic heterocycles. The number of rotatable bonds is 8. The molecule has 2 rings (SSSR count). The summed E-state index contributed by atoms with van der Waals surface area (Å²) in [4.78, 5) is 14.9. The van der Waals surface area contributed by atoms with Crippen molar-refractivity contribution in [3.05, 3.63) is 57.8 Å². The van der Waals surface area contributed by atoms with Gasteiger partial charge in [-0.15, -0.1) is 0 Å². The molecule has 1 heterocycles. The number of hydrogen-bond donors (Lipinski definition) is 0. The highest BCUT2D eigenvalue weighted by atomic mass is 16.6. The summed E-state index contributed by atoms with van der Waals surface area (Å²) in [5.74, 6) is 0. The number of hydrogen-bond acceptors (Lipinski definition) is 4. The molecule has 0 aliphatic rings. The lowest BCUT2D eigenvalue weighted by Crippen LogP contribution is -1.94. The Balaban J connectivity index is 2.07. The minimum atomic E-state index is -0.535. The maximum absolute atomic E-state index is 11.0. The molecular formula is C19H21N3O2. The predicted molar refractivity (Wildman–Crippen MR) is 93.5 cm³/mol. The predicted octanol–water partition coefficient (Wildman–Crippen LogP) is 5.04. The zero-order valence-electron chi connectivity index (χ0n) is 13.9. The molecule has 0 saturated carbocycles. The summed E-state index contributed by atoms with van der Waals surface area (Å²) in [5.41, 5.74) is 2.38. The van der Waals surface area contributed by atoms with Crippen LogP contribution in [0.3, 0.4) is 0 Å². The van der Waals surface area contributed by atoms with E-state index >= 15 is 0 Å². The van der Waals surface area contributed by atoms with Crippen LogP contribution in [0.5, 0.6) is 0 Å². The normalized spacial score (nSPS) is 10.3. The van der Waals surface area contributed by atoms with E-state index in [0.29, 0.717) is 11.3 Å². The zero-order chi connectivity index (χ0) is 17.4. The van der Waals surface area contributed by atoms with Crippen LogP contribution in [0, 0.1) is 21.4 Å². The SMILES string of the molecule is CCCCCCCc1ccc(-c2ccc(C#N)c([N+](=O)[O-])c2)nc1. The van der Waals surface area contributed by atoms with Crippen LogP contribution in [-0.4, -0.2) is 9.91 Å². The smallest absolute Gasteiger partial charge is 0.258 e. The number of aromatic nitrogens is 1. The summed E-state index contributed by atoms with van der Waals surface area (Å²) in [6.07, 6.45) is 9.03. The Bertz CT molecular complexity index is 733. The quantitative estimate of drug-likeness (QED) is 0.387. The second kappa shape index (κ2) is 8.78. The topological polar surface area (TPSA) is 79.8 Å². The van der Waals surface area contributed by atoms with Gasteiger partial charge in [0.05, 0.1) is 10.6 Å². The van der Waals surface area contributed by atoms with Crippen LogP contribution in [0.15, 0.2) is 36.5 Å². The monoisotopic (exact) mass is 323 g/mol. The lowest BCUT2D eigenvalue weighted by molar-refractivity contribution is -0.385. The Hall–Kier alpha value is -2.74. The van der Waals surface area contributed by atoms with Crippen LogP contribution in [-0.2, 0) is 6.42 Å². The van der Waals surface area contributed by atoms with Gasteiger partial charge in [0, 0.05) is 17.8 Å². The van der Waals surface area contributed by atoms with Gasteiger partial charge in [0.15, 0.2) is 0 Å². The summed E-state index contributed by atoms with van der Waals surface area (Å²) >= 11 is 0. The van der Waals surface area contributed by atoms with Crippen LogP contribution in [0.25, 0.3) is 11.3 Å². The first-order chi connectivity index (χ1) is 11.7. The van der Waals surface area contributed by atoms with Crippen molar-refractivity contribution in [3.63, 3.8) is 0 Å². The zero-order valence-corrected chi connectivity index (χ0v) is 13.9.